The fraction of sp³-hybridized carbons (Fsp3) is 0.846. The van der Waals surface area contributed by atoms with Gasteiger partial charge in [0, 0.05) is 0 Å². The normalized spacial score (nSPS) is 52.6. The molecule has 3 aliphatic carbocycles. The summed E-state index contributed by atoms with van der Waals surface area (Å²) in [5.74, 6) is 4.52. The molecule has 0 saturated heterocycles. The molecule has 78 valence electrons. The van der Waals surface area contributed by atoms with Gasteiger partial charge < -0.3 is 5.73 Å². The molecule has 0 heterocycles. The number of fused-ring (bicyclic) bond motifs is 2. The van der Waals surface area contributed by atoms with Gasteiger partial charge in [-0.1, -0.05) is 26.0 Å². The van der Waals surface area contributed by atoms with Crippen LogP contribution in [0, 0.1) is 35.0 Å². The van der Waals surface area contributed by atoms with E-state index in [4.69, 9.17) is 5.73 Å². The summed E-state index contributed by atoms with van der Waals surface area (Å²) in [6.07, 6.45) is 7.80. The molecule has 2 N–H and O–H groups in total. The maximum atomic E-state index is 5.85. The summed E-state index contributed by atoms with van der Waals surface area (Å²) in [5, 5.41) is 0. The molecule has 0 aliphatic heterocycles. The Balaban J connectivity index is 1.77. The van der Waals surface area contributed by atoms with Crippen LogP contribution in [0.3, 0.4) is 0 Å². The van der Waals surface area contributed by atoms with Crippen molar-refractivity contribution in [3.05, 3.63) is 12.2 Å². The van der Waals surface area contributed by atoms with Gasteiger partial charge in [0.05, 0.1) is 0 Å². The summed E-state index contributed by atoms with van der Waals surface area (Å²) in [4.78, 5) is 0. The van der Waals surface area contributed by atoms with Crippen LogP contribution in [-0.4, -0.2) is 6.54 Å². The second-order valence-electron chi connectivity index (χ2n) is 6.13. The molecular weight excluding hydrogens is 170 g/mol. The Morgan fingerprint density at radius 3 is 2.50 bits per heavy atom. The highest BCUT2D eigenvalue weighted by molar-refractivity contribution is 5.18. The summed E-state index contributed by atoms with van der Waals surface area (Å²) in [5.41, 5.74) is 6.39. The van der Waals surface area contributed by atoms with Crippen LogP contribution >= 0.6 is 0 Å². The van der Waals surface area contributed by atoms with E-state index >= 15 is 0 Å². The number of rotatable bonds is 2. The van der Waals surface area contributed by atoms with Crippen LogP contribution in [0.1, 0.15) is 26.7 Å². The van der Waals surface area contributed by atoms with Crippen molar-refractivity contribution in [3.8, 4) is 0 Å². The molecule has 1 heteroatoms. The van der Waals surface area contributed by atoms with Gasteiger partial charge in [-0.3, -0.25) is 0 Å². The van der Waals surface area contributed by atoms with Crippen molar-refractivity contribution < 1.29 is 0 Å². The molecule has 3 aliphatic rings. The summed E-state index contributed by atoms with van der Waals surface area (Å²) >= 11 is 0. The standard InChI is InChI=1S/C13H21N/c1-13(2)11(7-14)12(13)10-6-8-3-4-9(10)5-8/h3-4,8-12H,5-7,14H2,1-2H3/t8?,9?,10?,11-,12-/m0/s1. The number of hydrogen-bond acceptors (Lipinski definition) is 1. The Morgan fingerprint density at radius 2 is 2.07 bits per heavy atom. The first-order valence-electron chi connectivity index (χ1n) is 6.03. The lowest BCUT2D eigenvalue weighted by atomic mass is 9.86. The predicted molar refractivity (Wildman–Crippen MR) is 58.7 cm³/mol. The second kappa shape index (κ2) is 2.63. The van der Waals surface area contributed by atoms with Crippen molar-refractivity contribution in [2.24, 2.45) is 40.7 Å². The monoisotopic (exact) mass is 191 g/mol. The Bertz CT molecular complexity index is 279. The zero-order valence-electron chi connectivity index (χ0n) is 9.24. The van der Waals surface area contributed by atoms with Crippen molar-refractivity contribution in [1.29, 1.82) is 0 Å². The van der Waals surface area contributed by atoms with Crippen molar-refractivity contribution >= 4 is 0 Å². The summed E-state index contributed by atoms with van der Waals surface area (Å²) < 4.78 is 0. The molecule has 0 amide bonds. The molecular formula is C13H21N. The van der Waals surface area contributed by atoms with E-state index in [9.17, 15) is 0 Å². The maximum Gasteiger partial charge on any atom is -0.00407 e. The first-order chi connectivity index (χ1) is 6.64. The Kier molecular flexibility index (Phi) is 1.69. The van der Waals surface area contributed by atoms with Gasteiger partial charge in [-0.15, -0.1) is 0 Å². The van der Waals surface area contributed by atoms with Gasteiger partial charge in [0.1, 0.15) is 0 Å². The average Bonchev–Trinajstić information content (AvgIpc) is 2.61. The third kappa shape index (κ3) is 0.995. The molecule has 3 rings (SSSR count). The minimum absolute atomic E-state index is 0.539. The lowest BCUT2D eigenvalue weighted by Crippen LogP contribution is -2.13. The van der Waals surface area contributed by atoms with E-state index in [1.54, 1.807) is 0 Å². The Labute approximate surface area is 86.8 Å². The molecule has 2 bridgehead atoms. The second-order valence-corrected chi connectivity index (χ2v) is 6.13. The molecule has 0 aromatic rings. The third-order valence-electron chi connectivity index (χ3n) is 5.18. The topological polar surface area (TPSA) is 26.0 Å². The van der Waals surface area contributed by atoms with Crippen molar-refractivity contribution in [1.82, 2.24) is 0 Å². The minimum atomic E-state index is 0.539. The van der Waals surface area contributed by atoms with Gasteiger partial charge >= 0.3 is 0 Å². The molecule has 0 aromatic heterocycles. The van der Waals surface area contributed by atoms with E-state index in [1.807, 2.05) is 0 Å². The largest absolute Gasteiger partial charge is 0.330 e. The van der Waals surface area contributed by atoms with E-state index in [-0.39, 0.29) is 0 Å². The first kappa shape index (κ1) is 8.96. The van der Waals surface area contributed by atoms with Gasteiger partial charge in [-0.05, 0) is 54.4 Å². The van der Waals surface area contributed by atoms with Gasteiger partial charge in [-0.25, -0.2) is 0 Å². The van der Waals surface area contributed by atoms with Crippen molar-refractivity contribution in [3.63, 3.8) is 0 Å². The molecule has 14 heavy (non-hydrogen) atoms. The number of hydrogen-bond donors (Lipinski definition) is 1. The van der Waals surface area contributed by atoms with E-state index in [1.165, 1.54) is 12.8 Å². The van der Waals surface area contributed by atoms with Crippen LogP contribution in [0.25, 0.3) is 0 Å². The van der Waals surface area contributed by atoms with Gasteiger partial charge in [0.2, 0.25) is 0 Å². The van der Waals surface area contributed by atoms with Crippen LogP contribution in [0.4, 0.5) is 0 Å². The molecule has 3 unspecified atom stereocenters. The lowest BCUT2D eigenvalue weighted by molar-refractivity contribution is 0.340. The van der Waals surface area contributed by atoms with Gasteiger partial charge in [0.15, 0.2) is 0 Å². The molecule has 0 radical (unpaired) electrons. The van der Waals surface area contributed by atoms with Crippen LogP contribution < -0.4 is 5.73 Å². The minimum Gasteiger partial charge on any atom is -0.330 e. The molecule has 0 aromatic carbocycles. The maximum absolute atomic E-state index is 5.85. The van der Waals surface area contributed by atoms with Crippen molar-refractivity contribution in [2.45, 2.75) is 26.7 Å². The predicted octanol–water partition coefficient (Wildman–Crippen LogP) is 2.43. The first-order valence-corrected chi connectivity index (χ1v) is 6.03. The molecule has 2 saturated carbocycles. The zero-order chi connectivity index (χ0) is 9.92. The quantitative estimate of drug-likeness (QED) is 0.667. The highest BCUT2D eigenvalue weighted by atomic mass is 14.7. The van der Waals surface area contributed by atoms with Crippen LogP contribution in [0.5, 0.6) is 0 Å². The highest BCUT2D eigenvalue weighted by Crippen LogP contribution is 2.66. The Morgan fingerprint density at radius 1 is 1.29 bits per heavy atom. The van der Waals surface area contributed by atoms with Crippen molar-refractivity contribution in [2.75, 3.05) is 6.54 Å². The van der Waals surface area contributed by atoms with E-state index in [0.29, 0.717) is 5.41 Å². The van der Waals surface area contributed by atoms with E-state index in [0.717, 1.165) is 36.1 Å². The SMILES string of the molecule is CC1(C)[C@@H](CN)[C@@H]1C1CC2C=CC1C2. The van der Waals surface area contributed by atoms with Gasteiger partial charge in [0.25, 0.3) is 0 Å². The number of nitrogens with two attached hydrogens (primary N) is 1. The fourth-order valence-corrected chi connectivity index (χ4v) is 4.32. The molecule has 1 nitrogen and oxygen atoms in total. The van der Waals surface area contributed by atoms with E-state index in [2.05, 4.69) is 26.0 Å². The highest BCUT2D eigenvalue weighted by Gasteiger charge is 2.62. The van der Waals surface area contributed by atoms with Gasteiger partial charge in [-0.2, -0.15) is 0 Å². The summed E-state index contributed by atoms with van der Waals surface area (Å²) in [7, 11) is 0. The lowest BCUT2D eigenvalue weighted by Gasteiger charge is -2.19. The third-order valence-corrected chi connectivity index (χ3v) is 5.18. The summed E-state index contributed by atoms with van der Waals surface area (Å²) in [6, 6.07) is 0. The van der Waals surface area contributed by atoms with E-state index < -0.39 is 0 Å². The van der Waals surface area contributed by atoms with Crippen LogP contribution in [0.15, 0.2) is 12.2 Å². The smallest absolute Gasteiger partial charge is 0.00407 e. The zero-order valence-corrected chi connectivity index (χ0v) is 9.24. The molecule has 2 fully saturated rings. The molecule has 0 spiro atoms. The summed E-state index contributed by atoms with van der Waals surface area (Å²) in [6.45, 7) is 5.71. The Hall–Kier alpha value is -0.300. The molecule has 5 atom stereocenters. The average molecular weight is 191 g/mol. The van der Waals surface area contributed by atoms with Crippen LogP contribution in [0.2, 0.25) is 0 Å². The fourth-order valence-electron chi connectivity index (χ4n) is 4.32. The van der Waals surface area contributed by atoms with Crippen LogP contribution in [-0.2, 0) is 0 Å². The number of allylic oxidation sites excluding steroid dienone is 2.